The lowest BCUT2D eigenvalue weighted by molar-refractivity contribution is -0.148. The molecule has 1 aromatic carbocycles. The number of aromatic nitrogens is 1. The highest BCUT2D eigenvalue weighted by Gasteiger charge is 2.43. The molecule has 1 aliphatic heterocycles. The molecule has 9 atom stereocenters. The number of benzene rings is 1. The van der Waals surface area contributed by atoms with E-state index in [2.05, 4.69) is 42.6 Å². The van der Waals surface area contributed by atoms with Crippen LogP contribution in [-0.4, -0.2) is 121 Å². The SMILES string of the molecule is C=CC(=C)CN(C)[C@H](C(=O)N[C@H](C(=O)N(C)[C@@H]([C@@H](C)CC)[C@@H](CC(=O)N1CCC[C@H]1[C@H](OC)[C@@H](C)C(=O)N[C@@H](Cc1ccccc1)c1nccs1)OC)C(C)C)C(C)C. The molecule has 1 fully saturated rings. The Morgan fingerprint density at radius 1 is 1.00 bits per heavy atom. The summed E-state index contributed by atoms with van der Waals surface area (Å²) in [7, 11) is 6.79. The molecule has 59 heavy (non-hydrogen) atoms. The zero-order valence-corrected chi connectivity index (χ0v) is 38.3. The van der Waals surface area contributed by atoms with E-state index in [-0.39, 0.29) is 59.9 Å². The number of nitrogens with one attached hydrogen (secondary N) is 2. The van der Waals surface area contributed by atoms with E-state index in [0.717, 1.165) is 29.0 Å². The van der Waals surface area contributed by atoms with Gasteiger partial charge < -0.3 is 29.9 Å². The van der Waals surface area contributed by atoms with E-state index >= 15 is 0 Å². The molecule has 328 valence electrons. The van der Waals surface area contributed by atoms with Gasteiger partial charge in [0.1, 0.15) is 11.0 Å². The van der Waals surface area contributed by atoms with E-state index in [1.807, 2.05) is 87.2 Å². The summed E-state index contributed by atoms with van der Waals surface area (Å²) in [5, 5.41) is 9.05. The quantitative estimate of drug-likeness (QED) is 0.118. The Labute approximate surface area is 358 Å². The third kappa shape index (κ3) is 13.3. The fraction of sp³-hybridized carbons (Fsp3) is 0.630. The first-order valence-electron chi connectivity index (χ1n) is 21.2. The molecule has 12 nitrogen and oxygen atoms in total. The van der Waals surface area contributed by atoms with Crippen LogP contribution in [0.15, 0.2) is 66.7 Å². The Kier molecular flexibility index (Phi) is 19.9. The summed E-state index contributed by atoms with van der Waals surface area (Å²) in [6, 6.07) is 7.62. The number of rotatable bonds is 24. The summed E-state index contributed by atoms with van der Waals surface area (Å²) in [4.78, 5) is 66.6. The van der Waals surface area contributed by atoms with Crippen molar-refractivity contribution in [2.45, 2.75) is 123 Å². The van der Waals surface area contributed by atoms with Crippen molar-refractivity contribution in [3.8, 4) is 0 Å². The lowest BCUT2D eigenvalue weighted by Gasteiger charge is -2.41. The Hall–Kier alpha value is -3.91. The molecule has 0 radical (unpaired) electrons. The van der Waals surface area contributed by atoms with Gasteiger partial charge in [-0.2, -0.15) is 0 Å². The number of nitrogens with zero attached hydrogens (tertiary/aromatic N) is 4. The van der Waals surface area contributed by atoms with Crippen LogP contribution in [0.4, 0.5) is 0 Å². The molecule has 13 heteroatoms. The second kappa shape index (κ2) is 23.8. The Balaban J connectivity index is 1.80. The minimum absolute atomic E-state index is 0.0282. The van der Waals surface area contributed by atoms with Gasteiger partial charge in [0.25, 0.3) is 0 Å². The van der Waals surface area contributed by atoms with Gasteiger partial charge in [0, 0.05) is 45.9 Å². The first-order chi connectivity index (χ1) is 28.0. The number of thiazole rings is 1. The molecular formula is C46H72N6O6S. The summed E-state index contributed by atoms with van der Waals surface area (Å²) >= 11 is 1.50. The van der Waals surface area contributed by atoms with Crippen molar-refractivity contribution in [3.05, 3.63) is 77.3 Å². The number of amides is 4. The average molecular weight is 837 g/mol. The Morgan fingerprint density at radius 3 is 2.22 bits per heavy atom. The summed E-state index contributed by atoms with van der Waals surface area (Å²) in [5.74, 6) is -1.59. The van der Waals surface area contributed by atoms with Crippen LogP contribution < -0.4 is 10.6 Å². The van der Waals surface area contributed by atoms with E-state index in [4.69, 9.17) is 9.47 Å². The topological polar surface area (TPSA) is 133 Å². The monoisotopic (exact) mass is 837 g/mol. The van der Waals surface area contributed by atoms with Crippen molar-refractivity contribution in [2.24, 2.45) is 23.7 Å². The number of likely N-dealkylation sites (N-methyl/N-ethyl adjacent to an activating group) is 2. The number of carbonyl (C=O) groups is 4. The molecule has 0 spiro atoms. The molecular weight excluding hydrogens is 765 g/mol. The van der Waals surface area contributed by atoms with Gasteiger partial charge in [-0.05, 0) is 55.2 Å². The van der Waals surface area contributed by atoms with Crippen LogP contribution in [0.1, 0.15) is 90.8 Å². The maximum Gasteiger partial charge on any atom is 0.245 e. The van der Waals surface area contributed by atoms with E-state index in [0.29, 0.717) is 25.9 Å². The molecule has 2 aromatic rings. The van der Waals surface area contributed by atoms with Crippen molar-refractivity contribution in [3.63, 3.8) is 0 Å². The number of methoxy groups -OCH3 is 2. The van der Waals surface area contributed by atoms with Gasteiger partial charge in [-0.25, -0.2) is 4.98 Å². The van der Waals surface area contributed by atoms with Crippen molar-refractivity contribution >= 4 is 35.0 Å². The largest absolute Gasteiger partial charge is 0.379 e. The van der Waals surface area contributed by atoms with Crippen molar-refractivity contribution in [1.29, 1.82) is 0 Å². The predicted molar refractivity (Wildman–Crippen MR) is 237 cm³/mol. The molecule has 0 bridgehead atoms. The minimum Gasteiger partial charge on any atom is -0.379 e. The van der Waals surface area contributed by atoms with Crippen LogP contribution in [0.2, 0.25) is 0 Å². The second-order valence-corrected chi connectivity index (χ2v) is 17.8. The molecule has 0 saturated carbocycles. The van der Waals surface area contributed by atoms with E-state index in [1.165, 1.54) is 11.3 Å². The van der Waals surface area contributed by atoms with Crippen molar-refractivity contribution in [2.75, 3.05) is 41.4 Å². The zero-order chi connectivity index (χ0) is 44.0. The van der Waals surface area contributed by atoms with Gasteiger partial charge in [0.05, 0.1) is 48.7 Å². The van der Waals surface area contributed by atoms with E-state index in [9.17, 15) is 19.2 Å². The van der Waals surface area contributed by atoms with Crippen LogP contribution in [0.3, 0.4) is 0 Å². The average Bonchev–Trinajstić information content (AvgIpc) is 3.93. The highest BCUT2D eigenvalue weighted by Crippen LogP contribution is 2.30. The van der Waals surface area contributed by atoms with Gasteiger partial charge in [-0.15, -0.1) is 11.3 Å². The summed E-state index contributed by atoms with van der Waals surface area (Å²) in [5.41, 5.74) is 1.89. The van der Waals surface area contributed by atoms with Gasteiger partial charge in [0.2, 0.25) is 23.6 Å². The first kappa shape index (κ1) is 49.5. The standard InChI is InChI=1S/C46H72N6O6S/c1-14-31(7)28-50(10)40(30(5)6)44(55)49-39(29(3)4)46(56)51(11)41(32(8)15-2)37(57-12)27-38(53)52-24-19-22-36(52)42(58-13)33(9)43(54)48-35(45-47-23-25-59-45)26-34-20-17-16-18-21-34/h14,16-18,20-21,23,25,29-30,32-33,35-37,39-42H,1,7,15,19,22,24,26-28H2,2-6,8-13H3,(H,48,54)(H,49,55)/t32-,33+,35-,36-,37+,39-,40-,41-,42+/m0/s1. The molecule has 1 aliphatic rings. The summed E-state index contributed by atoms with van der Waals surface area (Å²) in [6.07, 6.45) is 5.07. The predicted octanol–water partition coefficient (Wildman–Crippen LogP) is 6.30. The molecule has 4 amide bonds. The van der Waals surface area contributed by atoms with Crippen molar-refractivity contribution in [1.82, 2.24) is 30.3 Å². The van der Waals surface area contributed by atoms with Crippen LogP contribution in [0.25, 0.3) is 0 Å². The molecule has 3 rings (SSSR count). The lowest BCUT2D eigenvalue weighted by Crippen LogP contribution is -2.60. The fourth-order valence-corrected chi connectivity index (χ4v) is 9.22. The fourth-order valence-electron chi connectivity index (χ4n) is 8.53. The van der Waals surface area contributed by atoms with Gasteiger partial charge >= 0.3 is 0 Å². The Bertz CT molecular complexity index is 1650. The normalized spacial score (nSPS) is 18.4. The summed E-state index contributed by atoms with van der Waals surface area (Å²) in [6.45, 7) is 22.6. The molecule has 1 saturated heterocycles. The number of ether oxygens (including phenoxy) is 2. The minimum atomic E-state index is -0.800. The number of carbonyl (C=O) groups excluding carboxylic acids is 4. The number of hydrogen-bond acceptors (Lipinski definition) is 9. The molecule has 1 aromatic heterocycles. The number of hydrogen-bond donors (Lipinski definition) is 2. The molecule has 2 N–H and O–H groups in total. The second-order valence-electron chi connectivity index (χ2n) is 16.9. The highest BCUT2D eigenvalue weighted by molar-refractivity contribution is 7.09. The first-order valence-corrected chi connectivity index (χ1v) is 22.0. The van der Waals surface area contributed by atoms with Crippen LogP contribution in [0, 0.1) is 23.7 Å². The van der Waals surface area contributed by atoms with Crippen molar-refractivity contribution < 1.29 is 28.7 Å². The summed E-state index contributed by atoms with van der Waals surface area (Å²) < 4.78 is 12.1. The maximum atomic E-state index is 14.5. The van der Waals surface area contributed by atoms with E-state index < -0.39 is 36.3 Å². The third-order valence-corrected chi connectivity index (χ3v) is 12.8. The van der Waals surface area contributed by atoms with Crippen LogP contribution in [-0.2, 0) is 35.1 Å². The van der Waals surface area contributed by atoms with Crippen LogP contribution >= 0.6 is 11.3 Å². The van der Waals surface area contributed by atoms with E-state index in [1.54, 1.807) is 38.4 Å². The molecule has 0 aliphatic carbocycles. The molecule has 2 heterocycles. The molecule has 0 unspecified atom stereocenters. The van der Waals surface area contributed by atoms with Crippen LogP contribution in [0.5, 0.6) is 0 Å². The van der Waals surface area contributed by atoms with Gasteiger partial charge in [-0.1, -0.05) is 104 Å². The maximum absolute atomic E-state index is 14.5. The zero-order valence-electron chi connectivity index (χ0n) is 37.5. The highest BCUT2D eigenvalue weighted by atomic mass is 32.1. The smallest absolute Gasteiger partial charge is 0.245 e. The number of likely N-dealkylation sites (tertiary alicyclic amines) is 1. The lowest BCUT2D eigenvalue weighted by atomic mass is 9.89. The third-order valence-electron chi connectivity index (χ3n) is 12.0. The van der Waals surface area contributed by atoms with Gasteiger partial charge in [-0.3, -0.25) is 24.1 Å². The Morgan fingerprint density at radius 2 is 1.68 bits per heavy atom. The van der Waals surface area contributed by atoms with Gasteiger partial charge in [0.15, 0.2) is 0 Å².